The second kappa shape index (κ2) is 5.96. The third-order valence-electron chi connectivity index (χ3n) is 3.39. The van der Waals surface area contributed by atoms with Crippen molar-refractivity contribution >= 4 is 11.9 Å². The minimum absolute atomic E-state index is 0.238. The summed E-state index contributed by atoms with van der Waals surface area (Å²) < 4.78 is 11.1. The number of hydrogen-bond donors (Lipinski definition) is 1. The highest BCUT2D eigenvalue weighted by Crippen LogP contribution is 2.33. The zero-order valence-corrected chi connectivity index (χ0v) is 12.5. The lowest BCUT2D eigenvalue weighted by molar-refractivity contribution is -0.130. The van der Waals surface area contributed by atoms with Gasteiger partial charge in [0.2, 0.25) is 6.23 Å². The summed E-state index contributed by atoms with van der Waals surface area (Å²) in [4.78, 5) is 24.0. The van der Waals surface area contributed by atoms with Crippen molar-refractivity contribution in [3.8, 4) is 11.5 Å². The highest BCUT2D eigenvalue weighted by molar-refractivity contribution is 5.98. The average molecular weight is 309 g/mol. The number of benzene rings is 2. The van der Waals surface area contributed by atoms with Gasteiger partial charge in [-0.05, 0) is 31.2 Å². The monoisotopic (exact) mass is 309 g/mol. The molecular weight excluding hydrogens is 294 g/mol. The molecule has 0 spiro atoms. The van der Waals surface area contributed by atoms with Gasteiger partial charge in [-0.1, -0.05) is 30.8 Å². The van der Waals surface area contributed by atoms with Crippen LogP contribution in [0, 0.1) is 0 Å². The van der Waals surface area contributed by atoms with Gasteiger partial charge in [0, 0.05) is 5.57 Å². The van der Waals surface area contributed by atoms with Crippen LogP contribution in [0.4, 0.5) is 0 Å². The van der Waals surface area contributed by atoms with Gasteiger partial charge in [-0.25, -0.2) is 4.79 Å². The average Bonchev–Trinajstić information content (AvgIpc) is 2.55. The van der Waals surface area contributed by atoms with Crippen molar-refractivity contribution in [2.75, 3.05) is 0 Å². The van der Waals surface area contributed by atoms with Crippen molar-refractivity contribution in [1.29, 1.82) is 0 Å². The van der Waals surface area contributed by atoms with E-state index in [0.717, 1.165) is 0 Å². The third-order valence-corrected chi connectivity index (χ3v) is 3.39. The molecule has 5 heteroatoms. The van der Waals surface area contributed by atoms with Gasteiger partial charge in [0.15, 0.2) is 0 Å². The first-order valence-electron chi connectivity index (χ1n) is 7.09. The molecule has 1 atom stereocenters. The van der Waals surface area contributed by atoms with E-state index in [1.807, 2.05) is 0 Å². The number of hydrogen-bond acceptors (Lipinski definition) is 4. The van der Waals surface area contributed by atoms with Crippen molar-refractivity contribution in [1.82, 2.24) is 5.32 Å². The second-order valence-electron chi connectivity index (χ2n) is 5.18. The molecule has 1 aliphatic heterocycles. The first-order chi connectivity index (χ1) is 11.1. The normalized spacial score (nSPS) is 15.9. The predicted molar refractivity (Wildman–Crippen MR) is 84.2 cm³/mol. The number of fused-ring (bicyclic) bond motifs is 1. The van der Waals surface area contributed by atoms with Gasteiger partial charge in [0.1, 0.15) is 11.5 Å². The Morgan fingerprint density at radius 1 is 1.17 bits per heavy atom. The zero-order valence-electron chi connectivity index (χ0n) is 12.5. The quantitative estimate of drug-likeness (QED) is 0.538. The highest BCUT2D eigenvalue weighted by Gasteiger charge is 2.28. The summed E-state index contributed by atoms with van der Waals surface area (Å²) in [5.41, 5.74) is 1.32. The summed E-state index contributed by atoms with van der Waals surface area (Å²) in [6, 6.07) is 13.9. The Morgan fingerprint density at radius 3 is 2.65 bits per heavy atom. The Labute approximate surface area is 133 Å². The summed E-state index contributed by atoms with van der Waals surface area (Å²) in [5, 5.41) is 2.76. The molecule has 3 rings (SSSR count). The Hall–Kier alpha value is -3.08. The smallest absolute Gasteiger partial charge is 0.338 e. The molecule has 0 radical (unpaired) electrons. The van der Waals surface area contributed by atoms with Gasteiger partial charge in [-0.3, -0.25) is 4.79 Å². The van der Waals surface area contributed by atoms with E-state index in [1.165, 1.54) is 0 Å². The molecule has 0 unspecified atom stereocenters. The number of esters is 1. The number of para-hydroxylation sites is 2. The third kappa shape index (κ3) is 2.94. The van der Waals surface area contributed by atoms with E-state index in [1.54, 1.807) is 55.5 Å². The molecule has 5 nitrogen and oxygen atoms in total. The molecule has 0 saturated heterocycles. The molecule has 2 aromatic carbocycles. The van der Waals surface area contributed by atoms with Crippen molar-refractivity contribution in [2.24, 2.45) is 0 Å². The molecule has 116 valence electrons. The Morgan fingerprint density at radius 2 is 1.87 bits per heavy atom. The molecule has 0 aliphatic carbocycles. The number of amides is 1. The van der Waals surface area contributed by atoms with E-state index in [4.69, 9.17) is 9.47 Å². The minimum atomic E-state index is -0.730. The maximum atomic E-state index is 12.2. The van der Waals surface area contributed by atoms with Gasteiger partial charge in [0.25, 0.3) is 5.91 Å². The lowest BCUT2D eigenvalue weighted by Crippen LogP contribution is -2.37. The van der Waals surface area contributed by atoms with Crippen LogP contribution in [-0.2, 0) is 4.79 Å². The van der Waals surface area contributed by atoms with Gasteiger partial charge in [-0.2, -0.15) is 0 Å². The molecule has 0 fully saturated rings. The standard InChI is InChI=1S/C18H15NO4/c1-11(2)18(21)23-15-10-6-4-8-13(15)17-19-16(20)12-7-3-5-9-14(12)22-17/h3-10,17H,1H2,2H3,(H,19,20)/t17-/m1/s1. The molecule has 1 N–H and O–H groups in total. The van der Waals surface area contributed by atoms with Crippen LogP contribution >= 0.6 is 0 Å². The van der Waals surface area contributed by atoms with E-state index >= 15 is 0 Å². The summed E-state index contributed by atoms with van der Waals surface area (Å²) in [6.07, 6.45) is -0.730. The second-order valence-corrected chi connectivity index (χ2v) is 5.18. The van der Waals surface area contributed by atoms with E-state index < -0.39 is 12.2 Å². The largest absolute Gasteiger partial charge is 0.465 e. The molecule has 1 aliphatic rings. The summed E-state index contributed by atoms with van der Waals surface area (Å²) in [5.74, 6) is 0.0466. The Balaban J connectivity index is 1.93. The number of ether oxygens (including phenoxy) is 2. The van der Waals surface area contributed by atoms with Gasteiger partial charge < -0.3 is 14.8 Å². The van der Waals surface area contributed by atoms with Crippen LogP contribution < -0.4 is 14.8 Å². The van der Waals surface area contributed by atoms with Crippen LogP contribution in [0.5, 0.6) is 11.5 Å². The van der Waals surface area contributed by atoms with Crippen LogP contribution in [0.15, 0.2) is 60.7 Å². The van der Waals surface area contributed by atoms with Crippen molar-refractivity contribution in [3.05, 3.63) is 71.8 Å². The number of carbonyl (C=O) groups excluding carboxylic acids is 2. The first kappa shape index (κ1) is 14.8. The lowest BCUT2D eigenvalue weighted by Gasteiger charge is -2.27. The van der Waals surface area contributed by atoms with E-state index in [2.05, 4.69) is 11.9 Å². The topological polar surface area (TPSA) is 64.6 Å². The Bertz CT molecular complexity index is 797. The van der Waals surface area contributed by atoms with Crippen molar-refractivity contribution < 1.29 is 19.1 Å². The first-order valence-corrected chi connectivity index (χ1v) is 7.09. The van der Waals surface area contributed by atoms with Crippen LogP contribution in [0.3, 0.4) is 0 Å². The number of rotatable bonds is 3. The summed E-state index contributed by atoms with van der Waals surface area (Å²) >= 11 is 0. The highest BCUT2D eigenvalue weighted by atomic mass is 16.5. The minimum Gasteiger partial charge on any atom is -0.465 e. The molecule has 1 amide bonds. The van der Waals surface area contributed by atoms with Crippen LogP contribution in [0.25, 0.3) is 0 Å². The lowest BCUT2D eigenvalue weighted by atomic mass is 10.1. The van der Waals surface area contributed by atoms with Crippen LogP contribution in [0.1, 0.15) is 29.1 Å². The SMILES string of the molecule is C=C(C)C(=O)Oc1ccccc1[C@@H]1NC(=O)c2ccccc2O1. The fraction of sp³-hybridized carbons (Fsp3) is 0.111. The predicted octanol–water partition coefficient (Wildman–Crippen LogP) is 2.99. The fourth-order valence-corrected chi connectivity index (χ4v) is 2.23. The van der Waals surface area contributed by atoms with Gasteiger partial charge in [-0.15, -0.1) is 0 Å². The van der Waals surface area contributed by atoms with E-state index in [0.29, 0.717) is 28.2 Å². The number of nitrogens with one attached hydrogen (secondary N) is 1. The molecular formula is C18H15NO4. The molecule has 0 aromatic heterocycles. The van der Waals surface area contributed by atoms with Gasteiger partial charge >= 0.3 is 5.97 Å². The summed E-state index contributed by atoms with van der Waals surface area (Å²) in [7, 11) is 0. The number of carbonyl (C=O) groups is 2. The molecule has 2 aromatic rings. The van der Waals surface area contributed by atoms with E-state index in [9.17, 15) is 9.59 Å². The molecule has 0 saturated carbocycles. The van der Waals surface area contributed by atoms with Crippen molar-refractivity contribution in [2.45, 2.75) is 13.2 Å². The van der Waals surface area contributed by atoms with Crippen LogP contribution in [0.2, 0.25) is 0 Å². The molecule has 1 heterocycles. The van der Waals surface area contributed by atoms with Crippen molar-refractivity contribution in [3.63, 3.8) is 0 Å². The maximum absolute atomic E-state index is 12.2. The fourth-order valence-electron chi connectivity index (χ4n) is 2.23. The molecule has 23 heavy (non-hydrogen) atoms. The maximum Gasteiger partial charge on any atom is 0.338 e. The summed E-state index contributed by atoms with van der Waals surface area (Å²) in [6.45, 7) is 5.13. The molecule has 0 bridgehead atoms. The van der Waals surface area contributed by atoms with Crippen LogP contribution in [-0.4, -0.2) is 11.9 Å². The Kier molecular flexibility index (Phi) is 3.85. The van der Waals surface area contributed by atoms with E-state index in [-0.39, 0.29) is 5.91 Å². The van der Waals surface area contributed by atoms with Gasteiger partial charge in [0.05, 0.1) is 11.1 Å². The zero-order chi connectivity index (χ0) is 16.4.